The van der Waals surface area contributed by atoms with E-state index in [1.165, 1.54) is 5.01 Å². The molecule has 0 fully saturated rings. The fourth-order valence-corrected chi connectivity index (χ4v) is 3.66. The molecule has 1 unspecified atom stereocenters. The van der Waals surface area contributed by atoms with E-state index in [-0.39, 0.29) is 11.9 Å². The number of methoxy groups -OCH3 is 1. The van der Waals surface area contributed by atoms with Gasteiger partial charge in [0, 0.05) is 6.42 Å². The average Bonchev–Trinajstić information content (AvgIpc) is 3.41. The van der Waals surface area contributed by atoms with Gasteiger partial charge in [-0.05, 0) is 35.7 Å². The SMILES string of the molecule is COc1ccccc1C(=O)N1N=C(c2cccs2)CC1c1ccco1. The van der Waals surface area contributed by atoms with E-state index in [0.717, 1.165) is 16.3 Å². The molecule has 1 atom stereocenters. The maximum atomic E-state index is 13.1. The summed E-state index contributed by atoms with van der Waals surface area (Å²) in [5.74, 6) is 1.05. The Labute approximate surface area is 149 Å². The Balaban J connectivity index is 1.74. The van der Waals surface area contributed by atoms with Crippen LogP contribution in [0.15, 0.2) is 69.7 Å². The van der Waals surface area contributed by atoms with Crippen LogP contribution in [0.4, 0.5) is 0 Å². The molecule has 4 rings (SSSR count). The molecule has 1 amide bonds. The smallest absolute Gasteiger partial charge is 0.278 e. The molecule has 25 heavy (non-hydrogen) atoms. The summed E-state index contributed by atoms with van der Waals surface area (Å²) < 4.78 is 10.9. The fraction of sp³-hybridized carbons (Fsp3) is 0.158. The molecule has 3 aromatic rings. The van der Waals surface area contributed by atoms with Crippen molar-refractivity contribution in [1.29, 1.82) is 0 Å². The van der Waals surface area contributed by atoms with Crippen LogP contribution in [0.25, 0.3) is 0 Å². The molecule has 3 heterocycles. The van der Waals surface area contributed by atoms with Crippen molar-refractivity contribution in [3.8, 4) is 5.75 Å². The Hall–Kier alpha value is -2.86. The molecule has 0 spiro atoms. The van der Waals surface area contributed by atoms with Crippen molar-refractivity contribution in [2.45, 2.75) is 12.5 Å². The Bertz CT molecular complexity index is 901. The summed E-state index contributed by atoms with van der Waals surface area (Å²) in [4.78, 5) is 14.2. The predicted molar refractivity (Wildman–Crippen MR) is 96.1 cm³/mol. The standard InChI is InChI=1S/C19H16N2O3S/c1-23-16-7-3-2-6-13(16)19(22)21-15(17-8-4-10-24-17)12-14(20-21)18-9-5-11-25-18/h2-11,15H,12H2,1H3. The third kappa shape index (κ3) is 2.85. The van der Waals surface area contributed by atoms with Crippen LogP contribution in [0.2, 0.25) is 0 Å². The fourth-order valence-electron chi connectivity index (χ4n) is 2.94. The van der Waals surface area contributed by atoms with Gasteiger partial charge in [0.05, 0.1) is 29.5 Å². The average molecular weight is 352 g/mol. The number of ether oxygens (including phenoxy) is 1. The summed E-state index contributed by atoms with van der Waals surface area (Å²) in [6, 6.07) is 14.6. The van der Waals surface area contributed by atoms with Gasteiger partial charge in [-0.15, -0.1) is 11.3 Å². The number of nitrogens with zero attached hydrogens (tertiary/aromatic N) is 2. The predicted octanol–water partition coefficient (Wildman–Crippen LogP) is 4.34. The molecule has 6 heteroatoms. The van der Waals surface area contributed by atoms with E-state index in [2.05, 4.69) is 5.10 Å². The van der Waals surface area contributed by atoms with E-state index < -0.39 is 0 Å². The molecule has 0 aliphatic carbocycles. The largest absolute Gasteiger partial charge is 0.496 e. The van der Waals surface area contributed by atoms with Crippen LogP contribution >= 0.6 is 11.3 Å². The number of para-hydroxylation sites is 1. The van der Waals surface area contributed by atoms with Gasteiger partial charge in [-0.1, -0.05) is 18.2 Å². The molecule has 1 aliphatic heterocycles. The molecule has 0 bridgehead atoms. The second-order valence-electron chi connectivity index (χ2n) is 5.61. The molecule has 0 N–H and O–H groups in total. The van der Waals surface area contributed by atoms with Gasteiger partial charge in [0.25, 0.3) is 5.91 Å². The Morgan fingerprint density at radius 1 is 1.24 bits per heavy atom. The highest BCUT2D eigenvalue weighted by molar-refractivity contribution is 7.12. The summed E-state index contributed by atoms with van der Waals surface area (Å²) in [6.07, 6.45) is 2.24. The van der Waals surface area contributed by atoms with Crippen LogP contribution in [0.3, 0.4) is 0 Å². The number of thiophene rings is 1. The van der Waals surface area contributed by atoms with Crippen molar-refractivity contribution in [1.82, 2.24) is 5.01 Å². The lowest BCUT2D eigenvalue weighted by Gasteiger charge is -2.20. The minimum absolute atomic E-state index is 0.203. The zero-order chi connectivity index (χ0) is 17.2. The normalized spacial score (nSPS) is 16.8. The van der Waals surface area contributed by atoms with E-state index in [9.17, 15) is 4.79 Å². The maximum absolute atomic E-state index is 13.1. The van der Waals surface area contributed by atoms with Gasteiger partial charge in [-0.3, -0.25) is 4.79 Å². The van der Waals surface area contributed by atoms with Crippen molar-refractivity contribution < 1.29 is 13.9 Å². The molecule has 0 saturated carbocycles. The number of hydrogen-bond acceptors (Lipinski definition) is 5. The van der Waals surface area contributed by atoms with Crippen LogP contribution in [-0.2, 0) is 0 Å². The van der Waals surface area contributed by atoms with Gasteiger partial charge in [-0.2, -0.15) is 5.10 Å². The lowest BCUT2D eigenvalue weighted by atomic mass is 10.1. The zero-order valence-corrected chi connectivity index (χ0v) is 14.4. The van der Waals surface area contributed by atoms with Gasteiger partial charge in [0.15, 0.2) is 0 Å². The van der Waals surface area contributed by atoms with Gasteiger partial charge < -0.3 is 9.15 Å². The van der Waals surface area contributed by atoms with E-state index in [1.807, 2.05) is 41.8 Å². The van der Waals surface area contributed by atoms with Crippen molar-refractivity contribution in [2.24, 2.45) is 5.10 Å². The highest BCUT2D eigenvalue weighted by Gasteiger charge is 2.36. The summed E-state index contributed by atoms with van der Waals surface area (Å²) in [7, 11) is 1.56. The first kappa shape index (κ1) is 15.7. The minimum atomic E-state index is -0.260. The minimum Gasteiger partial charge on any atom is -0.496 e. The number of amides is 1. The van der Waals surface area contributed by atoms with E-state index in [0.29, 0.717) is 17.7 Å². The third-order valence-electron chi connectivity index (χ3n) is 4.13. The molecular weight excluding hydrogens is 336 g/mol. The summed E-state index contributed by atoms with van der Waals surface area (Å²) in [5.41, 5.74) is 1.37. The molecule has 0 saturated heterocycles. The third-order valence-corrected chi connectivity index (χ3v) is 5.05. The van der Waals surface area contributed by atoms with Gasteiger partial charge >= 0.3 is 0 Å². The lowest BCUT2D eigenvalue weighted by Crippen LogP contribution is -2.27. The number of benzene rings is 1. The topological polar surface area (TPSA) is 55.0 Å². The van der Waals surface area contributed by atoms with Crippen LogP contribution in [0, 0.1) is 0 Å². The van der Waals surface area contributed by atoms with Crippen molar-refractivity contribution in [3.05, 3.63) is 76.4 Å². The first-order chi connectivity index (χ1) is 12.3. The highest BCUT2D eigenvalue weighted by Crippen LogP contribution is 2.36. The quantitative estimate of drug-likeness (QED) is 0.702. The number of carbonyl (C=O) groups is 1. The Kier molecular flexibility index (Phi) is 4.11. The summed E-state index contributed by atoms with van der Waals surface area (Å²) in [6.45, 7) is 0. The molecular formula is C19H16N2O3S. The number of furan rings is 1. The van der Waals surface area contributed by atoms with Gasteiger partial charge in [-0.25, -0.2) is 5.01 Å². The molecule has 5 nitrogen and oxygen atoms in total. The van der Waals surface area contributed by atoms with E-state index >= 15 is 0 Å². The zero-order valence-electron chi connectivity index (χ0n) is 13.6. The van der Waals surface area contributed by atoms with E-state index in [1.54, 1.807) is 36.8 Å². The monoisotopic (exact) mass is 352 g/mol. The van der Waals surface area contributed by atoms with Crippen LogP contribution in [-0.4, -0.2) is 23.7 Å². The van der Waals surface area contributed by atoms with Crippen molar-refractivity contribution in [2.75, 3.05) is 7.11 Å². The van der Waals surface area contributed by atoms with Crippen LogP contribution in [0.1, 0.15) is 33.5 Å². The van der Waals surface area contributed by atoms with E-state index in [4.69, 9.17) is 9.15 Å². The number of rotatable bonds is 4. The molecule has 1 aromatic carbocycles. The molecule has 126 valence electrons. The van der Waals surface area contributed by atoms with Gasteiger partial charge in [0.1, 0.15) is 17.6 Å². The van der Waals surface area contributed by atoms with Crippen molar-refractivity contribution >= 4 is 23.0 Å². The molecule has 1 aliphatic rings. The van der Waals surface area contributed by atoms with Crippen molar-refractivity contribution in [3.63, 3.8) is 0 Å². The number of carbonyl (C=O) groups excluding carboxylic acids is 1. The Morgan fingerprint density at radius 3 is 2.84 bits per heavy atom. The molecule has 0 radical (unpaired) electrons. The number of hydrogen-bond donors (Lipinski definition) is 0. The second kappa shape index (κ2) is 6.57. The van der Waals surface area contributed by atoms with Gasteiger partial charge in [0.2, 0.25) is 0 Å². The summed E-state index contributed by atoms with van der Waals surface area (Å²) >= 11 is 1.61. The second-order valence-corrected chi connectivity index (χ2v) is 6.56. The molecule has 2 aromatic heterocycles. The Morgan fingerprint density at radius 2 is 2.12 bits per heavy atom. The first-order valence-corrected chi connectivity index (χ1v) is 8.77. The van der Waals surface area contributed by atoms with Crippen LogP contribution < -0.4 is 4.74 Å². The summed E-state index contributed by atoms with van der Waals surface area (Å²) in [5, 5.41) is 8.13. The maximum Gasteiger partial charge on any atom is 0.278 e. The number of hydrazone groups is 1. The van der Waals surface area contributed by atoms with Crippen LogP contribution in [0.5, 0.6) is 5.75 Å². The lowest BCUT2D eigenvalue weighted by molar-refractivity contribution is 0.0689. The highest BCUT2D eigenvalue weighted by atomic mass is 32.1. The first-order valence-electron chi connectivity index (χ1n) is 7.89.